The highest BCUT2D eigenvalue weighted by Gasteiger charge is 2.39. The molecule has 1 amide bonds. The number of amides is 1. The Balaban J connectivity index is 2.14. The van der Waals surface area contributed by atoms with Gasteiger partial charge in [-0.05, 0) is 32.3 Å². The predicted molar refractivity (Wildman–Crippen MR) is 73.2 cm³/mol. The number of carbonyl (C=O) groups is 2. The molecule has 0 aromatic carbocycles. The van der Waals surface area contributed by atoms with Crippen LogP contribution in [-0.2, 0) is 14.3 Å². The number of carbonyl (C=O) groups excluding carboxylic acids is 2. The molecule has 1 saturated heterocycles. The standard InChI is InChI=1S/C14H18N2O4/c1-4-8-19-14(18)16-7-5-6-10(16)12-15-11(9(2)3)13(17)20-12/h4,10H,1,5-8H2,2-3H3. The van der Waals surface area contributed by atoms with E-state index in [1.165, 1.54) is 6.08 Å². The van der Waals surface area contributed by atoms with E-state index in [1.54, 1.807) is 18.7 Å². The third-order valence-electron chi connectivity index (χ3n) is 3.18. The van der Waals surface area contributed by atoms with Crippen LogP contribution < -0.4 is 0 Å². The molecule has 0 aromatic heterocycles. The van der Waals surface area contributed by atoms with Crippen LogP contribution in [0, 0.1) is 0 Å². The quantitative estimate of drug-likeness (QED) is 0.450. The topological polar surface area (TPSA) is 68.2 Å². The van der Waals surface area contributed by atoms with E-state index in [2.05, 4.69) is 11.6 Å². The van der Waals surface area contributed by atoms with Crippen LogP contribution in [0.25, 0.3) is 0 Å². The summed E-state index contributed by atoms with van der Waals surface area (Å²) >= 11 is 0. The lowest BCUT2D eigenvalue weighted by Crippen LogP contribution is -2.41. The Bertz CT molecular complexity index is 503. The number of hydrogen-bond acceptors (Lipinski definition) is 5. The highest BCUT2D eigenvalue weighted by Crippen LogP contribution is 2.25. The third-order valence-corrected chi connectivity index (χ3v) is 3.18. The van der Waals surface area contributed by atoms with Gasteiger partial charge in [-0.2, -0.15) is 0 Å². The average molecular weight is 278 g/mol. The van der Waals surface area contributed by atoms with Crippen molar-refractivity contribution >= 4 is 18.0 Å². The average Bonchev–Trinajstić information content (AvgIpc) is 3.01. The fourth-order valence-corrected chi connectivity index (χ4v) is 2.24. The molecule has 2 heterocycles. The Hall–Kier alpha value is -2.11. The summed E-state index contributed by atoms with van der Waals surface area (Å²) in [6.45, 7) is 7.83. The summed E-state index contributed by atoms with van der Waals surface area (Å²) < 4.78 is 10.2. The third kappa shape index (κ3) is 2.74. The lowest BCUT2D eigenvalue weighted by atomic mass is 10.2. The summed E-state index contributed by atoms with van der Waals surface area (Å²) in [6, 6.07) is -0.326. The minimum absolute atomic E-state index is 0.160. The summed E-state index contributed by atoms with van der Waals surface area (Å²) in [4.78, 5) is 29.4. The van der Waals surface area contributed by atoms with E-state index in [-0.39, 0.29) is 12.6 Å². The minimum Gasteiger partial charge on any atom is -0.445 e. The second-order valence-corrected chi connectivity index (χ2v) is 4.91. The van der Waals surface area contributed by atoms with Crippen molar-refractivity contribution in [3.8, 4) is 0 Å². The molecule has 1 fully saturated rings. The first-order chi connectivity index (χ1) is 9.54. The number of cyclic esters (lactones) is 1. The molecule has 2 aliphatic rings. The Morgan fingerprint density at radius 1 is 1.60 bits per heavy atom. The number of allylic oxidation sites excluding steroid dienone is 1. The maximum Gasteiger partial charge on any atom is 0.410 e. The molecule has 108 valence electrons. The van der Waals surface area contributed by atoms with Gasteiger partial charge in [0, 0.05) is 6.54 Å². The number of ether oxygens (including phenoxy) is 2. The molecule has 0 spiro atoms. The lowest BCUT2D eigenvalue weighted by molar-refractivity contribution is -0.130. The highest BCUT2D eigenvalue weighted by atomic mass is 16.6. The van der Waals surface area contributed by atoms with E-state index in [0.717, 1.165) is 12.0 Å². The molecule has 1 atom stereocenters. The van der Waals surface area contributed by atoms with Gasteiger partial charge < -0.3 is 9.47 Å². The van der Waals surface area contributed by atoms with Crippen molar-refractivity contribution in [2.45, 2.75) is 32.7 Å². The van der Waals surface area contributed by atoms with Gasteiger partial charge in [0.2, 0.25) is 5.90 Å². The molecule has 0 aliphatic carbocycles. The molecule has 2 rings (SSSR count). The molecular formula is C14H18N2O4. The van der Waals surface area contributed by atoms with Crippen LogP contribution in [0.4, 0.5) is 4.79 Å². The van der Waals surface area contributed by atoms with E-state index in [1.807, 2.05) is 0 Å². The number of likely N-dealkylation sites (tertiary alicyclic amines) is 1. The van der Waals surface area contributed by atoms with Crippen LogP contribution in [0.3, 0.4) is 0 Å². The minimum atomic E-state index is -0.452. The second kappa shape index (κ2) is 5.90. The second-order valence-electron chi connectivity index (χ2n) is 4.91. The molecule has 6 heteroatoms. The zero-order valence-corrected chi connectivity index (χ0v) is 11.7. The summed E-state index contributed by atoms with van der Waals surface area (Å²) in [7, 11) is 0. The molecule has 20 heavy (non-hydrogen) atoms. The number of nitrogens with zero attached hydrogens (tertiary/aromatic N) is 2. The lowest BCUT2D eigenvalue weighted by Gasteiger charge is -2.22. The first kappa shape index (κ1) is 14.3. The van der Waals surface area contributed by atoms with E-state index in [4.69, 9.17) is 9.47 Å². The van der Waals surface area contributed by atoms with Gasteiger partial charge in [0.25, 0.3) is 0 Å². The van der Waals surface area contributed by atoms with E-state index in [9.17, 15) is 9.59 Å². The molecule has 6 nitrogen and oxygen atoms in total. The summed E-state index contributed by atoms with van der Waals surface area (Å²) in [5.41, 5.74) is 1.12. The van der Waals surface area contributed by atoms with Crippen molar-refractivity contribution in [2.24, 2.45) is 4.99 Å². The fraction of sp³-hybridized carbons (Fsp3) is 0.500. The van der Waals surface area contributed by atoms with Crippen molar-refractivity contribution < 1.29 is 19.1 Å². The van der Waals surface area contributed by atoms with Crippen molar-refractivity contribution in [3.05, 3.63) is 23.9 Å². The summed E-state index contributed by atoms with van der Waals surface area (Å²) in [6.07, 6.45) is 2.62. The zero-order chi connectivity index (χ0) is 14.7. The first-order valence-electron chi connectivity index (χ1n) is 6.57. The van der Waals surface area contributed by atoms with Crippen molar-refractivity contribution in [1.29, 1.82) is 0 Å². The van der Waals surface area contributed by atoms with Crippen LogP contribution in [-0.4, -0.2) is 42.1 Å². The van der Waals surface area contributed by atoms with Gasteiger partial charge in [-0.15, -0.1) is 0 Å². The van der Waals surface area contributed by atoms with Crippen molar-refractivity contribution in [3.63, 3.8) is 0 Å². The van der Waals surface area contributed by atoms with Crippen LogP contribution >= 0.6 is 0 Å². The number of esters is 1. The van der Waals surface area contributed by atoms with E-state index in [0.29, 0.717) is 24.6 Å². The SMILES string of the molecule is C=CCOC(=O)N1CCCC1C1=NC(=C(C)C)C(=O)O1. The van der Waals surface area contributed by atoms with Crippen molar-refractivity contribution in [1.82, 2.24) is 4.90 Å². The summed E-state index contributed by atoms with van der Waals surface area (Å²) in [5.74, 6) is -0.162. The Morgan fingerprint density at radius 2 is 2.35 bits per heavy atom. The zero-order valence-electron chi connectivity index (χ0n) is 11.7. The van der Waals surface area contributed by atoms with Gasteiger partial charge in [-0.3, -0.25) is 4.90 Å². The van der Waals surface area contributed by atoms with Crippen LogP contribution in [0.15, 0.2) is 28.9 Å². The highest BCUT2D eigenvalue weighted by molar-refractivity contribution is 6.07. The van der Waals surface area contributed by atoms with Crippen molar-refractivity contribution in [2.75, 3.05) is 13.2 Å². The maximum atomic E-state index is 11.9. The summed E-state index contributed by atoms with van der Waals surface area (Å²) in [5, 5.41) is 0. The molecule has 0 N–H and O–H groups in total. The van der Waals surface area contributed by atoms with Gasteiger partial charge in [0.15, 0.2) is 5.70 Å². The maximum absolute atomic E-state index is 11.9. The molecular weight excluding hydrogens is 260 g/mol. The Kier molecular flexibility index (Phi) is 4.22. The van der Waals surface area contributed by atoms with E-state index < -0.39 is 12.1 Å². The molecule has 1 unspecified atom stereocenters. The van der Waals surface area contributed by atoms with Crippen LogP contribution in [0.5, 0.6) is 0 Å². The normalized spacial score (nSPS) is 21.6. The van der Waals surface area contributed by atoms with Gasteiger partial charge in [0.05, 0.1) is 0 Å². The number of rotatable bonds is 3. The van der Waals surface area contributed by atoms with Gasteiger partial charge in [-0.1, -0.05) is 12.7 Å². The van der Waals surface area contributed by atoms with Gasteiger partial charge in [-0.25, -0.2) is 14.6 Å². The number of hydrogen-bond donors (Lipinski definition) is 0. The molecule has 0 saturated carbocycles. The Labute approximate surface area is 117 Å². The van der Waals surface area contributed by atoms with Gasteiger partial charge >= 0.3 is 12.1 Å². The fourth-order valence-electron chi connectivity index (χ4n) is 2.24. The molecule has 0 aromatic rings. The largest absolute Gasteiger partial charge is 0.445 e. The smallest absolute Gasteiger partial charge is 0.410 e. The van der Waals surface area contributed by atoms with Crippen LogP contribution in [0.2, 0.25) is 0 Å². The predicted octanol–water partition coefficient (Wildman–Crippen LogP) is 2.02. The van der Waals surface area contributed by atoms with E-state index >= 15 is 0 Å². The monoisotopic (exact) mass is 278 g/mol. The molecule has 0 bridgehead atoms. The van der Waals surface area contributed by atoms with Gasteiger partial charge in [0.1, 0.15) is 12.6 Å². The molecule has 2 aliphatic heterocycles. The Morgan fingerprint density at radius 3 is 2.95 bits per heavy atom. The number of aliphatic imine (C=N–C) groups is 1. The van der Waals surface area contributed by atoms with Crippen LogP contribution in [0.1, 0.15) is 26.7 Å². The first-order valence-corrected chi connectivity index (χ1v) is 6.57. The molecule has 0 radical (unpaired) electrons.